The molecular weight excluding hydrogens is 402 g/mol. The lowest BCUT2D eigenvalue weighted by molar-refractivity contribution is -0.313. The Morgan fingerprint density at radius 1 is 0.478 bits per heavy atom. The fraction of sp³-hybridized carbons (Fsp3) is 1.00. The van der Waals surface area contributed by atoms with Crippen LogP contribution in [0, 0.1) is 0 Å². The van der Waals surface area contributed by atoms with Gasteiger partial charge in [-0.1, -0.05) is 7.77 Å². The van der Waals surface area contributed by atoms with Crippen LogP contribution in [0.5, 0.6) is 0 Å². The third-order valence-electron chi connectivity index (χ3n) is 1.61. The second kappa shape index (κ2) is 6.30. The molecule has 0 aromatic rings. The molecule has 0 aliphatic heterocycles. The maximum absolute atomic E-state index is 12.7. The first-order chi connectivity index (χ1) is 9.68. The van der Waals surface area contributed by atoms with Crippen LogP contribution in [0.3, 0.4) is 0 Å². The van der Waals surface area contributed by atoms with Crippen molar-refractivity contribution in [3.05, 3.63) is 0 Å². The fourth-order valence-corrected chi connectivity index (χ4v) is 1.77. The Kier molecular flexibility index (Phi) is 6.11. The number of hydrogen-bond acceptors (Lipinski definition) is 2. The lowest BCUT2D eigenvalue weighted by Crippen LogP contribution is -2.47. The molecule has 0 atom stereocenters. The summed E-state index contributed by atoms with van der Waals surface area (Å²) in [5, 5.41) is 0. The van der Waals surface area contributed by atoms with Crippen LogP contribution in [-0.2, 0) is 8.37 Å². The van der Waals surface area contributed by atoms with Crippen molar-refractivity contribution in [2.24, 2.45) is 0 Å². The van der Waals surface area contributed by atoms with Gasteiger partial charge in [0.1, 0.15) is 11.4 Å². The number of halogens is 14. The summed E-state index contributed by atoms with van der Waals surface area (Å²) in [6.45, 7) is 0. The van der Waals surface area contributed by atoms with E-state index in [2.05, 4.69) is 8.37 Å². The van der Waals surface area contributed by atoms with Gasteiger partial charge in [-0.2, -0.15) is 52.7 Å². The molecule has 0 fully saturated rings. The van der Waals surface area contributed by atoms with Gasteiger partial charge >= 0.3 is 24.7 Å². The first-order valence-corrected chi connectivity index (χ1v) is 5.82. The molecule has 0 aromatic carbocycles. The van der Waals surface area contributed by atoms with Crippen LogP contribution in [0.4, 0.5) is 60.5 Å². The highest BCUT2D eigenvalue weighted by Crippen LogP contribution is 2.61. The Hall–Kier alpha value is -0.710. The molecular formula is C6H2F14O2S. The number of alkyl halides is 12. The van der Waals surface area contributed by atoms with Crippen molar-refractivity contribution in [3.8, 4) is 0 Å². The highest BCUT2D eigenvalue weighted by atomic mass is 32.3. The molecule has 17 heteroatoms. The van der Waals surface area contributed by atoms with Crippen LogP contribution in [0.1, 0.15) is 0 Å². The van der Waals surface area contributed by atoms with Crippen molar-refractivity contribution < 1.29 is 68.8 Å². The van der Waals surface area contributed by atoms with E-state index >= 15 is 0 Å². The standard InChI is InChI=1S/C6H2F14O2S/c7-3(8,9)1(4(10,11)12)21-23(19,20)22-2(5(13,14)15)6(16,17)18/h1-2H. The zero-order chi connectivity index (χ0) is 19.1. The average molecular weight is 404 g/mol. The van der Waals surface area contributed by atoms with Gasteiger partial charge in [-0.25, -0.2) is 8.37 Å². The molecule has 0 aliphatic rings. The van der Waals surface area contributed by atoms with Crippen LogP contribution in [0.2, 0.25) is 0 Å². The van der Waals surface area contributed by atoms with E-state index in [1.807, 2.05) is 0 Å². The topological polar surface area (TPSA) is 18.5 Å². The van der Waals surface area contributed by atoms with Crippen molar-refractivity contribution in [2.75, 3.05) is 0 Å². The van der Waals surface area contributed by atoms with Crippen molar-refractivity contribution in [3.63, 3.8) is 0 Å². The highest BCUT2D eigenvalue weighted by Gasteiger charge is 2.64. The second-order valence-electron chi connectivity index (χ2n) is 3.50. The Bertz CT molecular complexity index is 326. The Balaban J connectivity index is 5.47. The molecule has 0 saturated carbocycles. The van der Waals surface area contributed by atoms with E-state index in [9.17, 15) is 60.5 Å². The monoisotopic (exact) mass is 404 g/mol. The molecule has 0 spiro atoms. The molecule has 0 N–H and O–H groups in total. The Morgan fingerprint density at radius 3 is 0.783 bits per heavy atom. The van der Waals surface area contributed by atoms with E-state index in [0.29, 0.717) is 0 Å². The van der Waals surface area contributed by atoms with E-state index < -0.39 is 48.3 Å². The SMILES string of the molecule is FC(F)(F)C(OS(F)(F)OC(C(F)(F)F)C(F)(F)F)C(F)(F)F. The van der Waals surface area contributed by atoms with Gasteiger partial charge in [-0.05, 0) is 0 Å². The molecule has 0 aromatic heterocycles. The summed E-state index contributed by atoms with van der Waals surface area (Å²) in [5.74, 6) is 0. The lowest BCUT2D eigenvalue weighted by Gasteiger charge is -2.33. The van der Waals surface area contributed by atoms with Gasteiger partial charge in [0.2, 0.25) is 0 Å². The molecule has 0 heterocycles. The van der Waals surface area contributed by atoms with E-state index in [4.69, 9.17) is 0 Å². The van der Waals surface area contributed by atoms with Crippen LogP contribution in [0.15, 0.2) is 0 Å². The van der Waals surface area contributed by atoms with Crippen LogP contribution < -0.4 is 0 Å². The summed E-state index contributed by atoms with van der Waals surface area (Å²) in [6, 6.07) is 0. The molecule has 0 amide bonds. The fourth-order valence-electron chi connectivity index (χ4n) is 0.836. The van der Waals surface area contributed by atoms with Crippen LogP contribution in [-0.4, -0.2) is 36.9 Å². The number of rotatable bonds is 4. The predicted molar refractivity (Wildman–Crippen MR) is 43.8 cm³/mol. The second-order valence-corrected chi connectivity index (χ2v) is 4.64. The zero-order valence-corrected chi connectivity index (χ0v) is 10.5. The minimum atomic E-state index is -7.49. The number of hydrogen-bond donors (Lipinski definition) is 0. The van der Waals surface area contributed by atoms with Crippen molar-refractivity contribution in [2.45, 2.75) is 36.9 Å². The summed E-state index contributed by atoms with van der Waals surface area (Å²) in [4.78, 5) is 0. The summed E-state index contributed by atoms with van der Waals surface area (Å²) in [5.41, 5.74) is 0. The molecule has 142 valence electrons. The molecule has 0 unspecified atom stereocenters. The minimum absolute atomic E-state index is 2.07. The molecule has 0 rings (SSSR count). The van der Waals surface area contributed by atoms with Gasteiger partial charge in [0, 0.05) is 0 Å². The third kappa shape index (κ3) is 7.15. The molecule has 0 bridgehead atoms. The molecule has 0 aliphatic carbocycles. The first kappa shape index (κ1) is 22.3. The predicted octanol–water partition coefficient (Wildman–Crippen LogP) is 5.41. The average Bonchev–Trinajstić information content (AvgIpc) is 2.16. The van der Waals surface area contributed by atoms with E-state index in [-0.39, 0.29) is 0 Å². The lowest BCUT2D eigenvalue weighted by atomic mass is 10.3. The maximum atomic E-state index is 12.7. The Labute approximate surface area is 118 Å². The molecule has 0 saturated heterocycles. The van der Waals surface area contributed by atoms with Crippen LogP contribution >= 0.6 is 11.4 Å². The van der Waals surface area contributed by atoms with Gasteiger partial charge in [-0.3, -0.25) is 0 Å². The first-order valence-electron chi connectivity index (χ1n) is 4.54. The van der Waals surface area contributed by atoms with Crippen molar-refractivity contribution >= 4 is 11.4 Å². The normalized spacial score (nSPS) is 16.3. The van der Waals surface area contributed by atoms with Crippen molar-refractivity contribution in [1.82, 2.24) is 0 Å². The van der Waals surface area contributed by atoms with Gasteiger partial charge in [0.05, 0.1) is 0 Å². The van der Waals surface area contributed by atoms with Crippen LogP contribution in [0.25, 0.3) is 0 Å². The smallest absolute Gasteiger partial charge is 0.209 e. The quantitative estimate of drug-likeness (QED) is 0.584. The minimum Gasteiger partial charge on any atom is -0.209 e. The van der Waals surface area contributed by atoms with Gasteiger partial charge in [0.15, 0.2) is 0 Å². The van der Waals surface area contributed by atoms with E-state index in [0.717, 1.165) is 0 Å². The van der Waals surface area contributed by atoms with Gasteiger partial charge < -0.3 is 0 Å². The Morgan fingerprint density at radius 2 is 0.652 bits per heavy atom. The summed E-state index contributed by atoms with van der Waals surface area (Å²) in [7, 11) is 0. The van der Waals surface area contributed by atoms with E-state index in [1.165, 1.54) is 0 Å². The summed E-state index contributed by atoms with van der Waals surface area (Å²) in [6.07, 6.45) is -37.1. The highest BCUT2D eigenvalue weighted by molar-refractivity contribution is 8.17. The molecule has 0 radical (unpaired) electrons. The molecule has 23 heavy (non-hydrogen) atoms. The summed E-state index contributed by atoms with van der Waals surface area (Å²) >= 11 is -7.49. The van der Waals surface area contributed by atoms with Crippen molar-refractivity contribution in [1.29, 1.82) is 0 Å². The van der Waals surface area contributed by atoms with Gasteiger partial charge in [-0.15, -0.1) is 0 Å². The maximum Gasteiger partial charge on any atom is 0.426 e. The zero-order valence-electron chi connectivity index (χ0n) is 9.67. The van der Waals surface area contributed by atoms with Gasteiger partial charge in [0.25, 0.3) is 12.2 Å². The third-order valence-corrected chi connectivity index (χ3v) is 2.44. The molecule has 2 nitrogen and oxygen atoms in total. The van der Waals surface area contributed by atoms with E-state index in [1.54, 1.807) is 0 Å². The summed E-state index contributed by atoms with van der Waals surface area (Å²) < 4.78 is 172. The largest absolute Gasteiger partial charge is 0.426 e.